The second kappa shape index (κ2) is 2.99. The highest BCUT2D eigenvalue weighted by atomic mass is 16.1. The first-order valence-corrected chi connectivity index (χ1v) is 2.12. The van der Waals surface area contributed by atoms with E-state index in [9.17, 15) is 4.79 Å². The van der Waals surface area contributed by atoms with Gasteiger partial charge in [0.05, 0.1) is 0 Å². The summed E-state index contributed by atoms with van der Waals surface area (Å²) < 4.78 is 0. The summed E-state index contributed by atoms with van der Waals surface area (Å²) in [5.41, 5.74) is 0. The highest BCUT2D eigenvalue weighted by Crippen LogP contribution is 1.91. The van der Waals surface area contributed by atoms with Crippen molar-refractivity contribution < 1.29 is 4.79 Å². The summed E-state index contributed by atoms with van der Waals surface area (Å²) in [6.07, 6.45) is 1.38. The van der Waals surface area contributed by atoms with Crippen LogP contribution in [0.5, 0.6) is 0 Å². The summed E-state index contributed by atoms with van der Waals surface area (Å²) in [5, 5.41) is 0. The summed E-state index contributed by atoms with van der Waals surface area (Å²) in [7, 11) is 3.51. The Morgan fingerprint density at radius 1 is 1.75 bits per heavy atom. The van der Waals surface area contributed by atoms with Gasteiger partial charge < -0.3 is 4.90 Å². The fourth-order valence-corrected chi connectivity index (χ4v) is 0.153. The maximum absolute atomic E-state index is 9.54. The van der Waals surface area contributed by atoms with Crippen LogP contribution < -0.4 is 0 Å². The number of carbonyl (C=O) groups excluding carboxylic acids is 1. The molecule has 0 fully saturated rings. The maximum Gasteiger partial charge on any atom is 0.242 e. The van der Waals surface area contributed by atoms with Crippen LogP contribution in [-0.2, 0) is 4.79 Å². The standard InChI is InChI=1S/C5H8N2O/c1-5(6-4-8)7(2)3/h1H2,2-3H3. The molecule has 0 aromatic carbocycles. The van der Waals surface area contributed by atoms with Gasteiger partial charge in [-0.25, -0.2) is 4.79 Å². The van der Waals surface area contributed by atoms with Crippen molar-refractivity contribution in [2.75, 3.05) is 14.1 Å². The van der Waals surface area contributed by atoms with Gasteiger partial charge in [0.15, 0.2) is 0 Å². The zero-order valence-electron chi connectivity index (χ0n) is 5.01. The Bertz CT molecular complexity index is 133. The Hall–Kier alpha value is -1.08. The third-order valence-electron chi connectivity index (χ3n) is 0.691. The SMILES string of the molecule is C=C(N=C=O)N(C)C. The van der Waals surface area contributed by atoms with E-state index in [2.05, 4.69) is 11.6 Å². The van der Waals surface area contributed by atoms with Gasteiger partial charge in [-0.1, -0.05) is 6.58 Å². The Kier molecular flexibility index (Phi) is 2.59. The van der Waals surface area contributed by atoms with Crippen molar-refractivity contribution in [3.63, 3.8) is 0 Å². The first-order valence-electron chi connectivity index (χ1n) is 2.12. The van der Waals surface area contributed by atoms with Gasteiger partial charge >= 0.3 is 0 Å². The highest BCUT2D eigenvalue weighted by Gasteiger charge is 1.87. The molecule has 0 aromatic heterocycles. The van der Waals surface area contributed by atoms with Crippen molar-refractivity contribution in [3.05, 3.63) is 12.4 Å². The third-order valence-corrected chi connectivity index (χ3v) is 0.691. The second-order valence-electron chi connectivity index (χ2n) is 1.51. The van der Waals surface area contributed by atoms with E-state index in [1.807, 2.05) is 0 Å². The first-order chi connectivity index (χ1) is 3.68. The van der Waals surface area contributed by atoms with Gasteiger partial charge in [-0.2, -0.15) is 4.99 Å². The van der Waals surface area contributed by atoms with E-state index in [1.165, 1.54) is 6.08 Å². The fraction of sp³-hybridized carbons (Fsp3) is 0.400. The predicted molar refractivity (Wildman–Crippen MR) is 30.9 cm³/mol. The minimum absolute atomic E-state index is 0.417. The molecule has 0 heterocycles. The third kappa shape index (κ3) is 2.16. The van der Waals surface area contributed by atoms with Gasteiger partial charge in [-0.05, 0) is 0 Å². The van der Waals surface area contributed by atoms with Crippen LogP contribution in [0.2, 0.25) is 0 Å². The number of hydrogen-bond acceptors (Lipinski definition) is 3. The molecule has 0 saturated heterocycles. The largest absolute Gasteiger partial charge is 0.363 e. The molecule has 0 aliphatic carbocycles. The predicted octanol–water partition coefficient (Wildman–Crippen LogP) is 0.355. The molecule has 3 nitrogen and oxygen atoms in total. The molecule has 0 bridgehead atoms. The van der Waals surface area contributed by atoms with Crippen molar-refractivity contribution in [3.8, 4) is 0 Å². The van der Waals surface area contributed by atoms with Crippen molar-refractivity contribution in [1.82, 2.24) is 4.90 Å². The van der Waals surface area contributed by atoms with Crippen molar-refractivity contribution in [2.24, 2.45) is 4.99 Å². The summed E-state index contributed by atoms with van der Waals surface area (Å²) >= 11 is 0. The number of nitrogens with zero attached hydrogens (tertiary/aromatic N) is 2. The molecule has 0 amide bonds. The minimum atomic E-state index is 0.417. The van der Waals surface area contributed by atoms with Crippen LogP contribution in [0.3, 0.4) is 0 Å². The zero-order chi connectivity index (χ0) is 6.57. The molecule has 0 unspecified atom stereocenters. The van der Waals surface area contributed by atoms with E-state index < -0.39 is 0 Å². The molecule has 44 valence electrons. The monoisotopic (exact) mass is 112 g/mol. The quantitative estimate of drug-likeness (QED) is 0.381. The van der Waals surface area contributed by atoms with Crippen LogP contribution in [0, 0.1) is 0 Å². The lowest BCUT2D eigenvalue weighted by Gasteiger charge is -2.07. The highest BCUT2D eigenvalue weighted by molar-refractivity contribution is 5.35. The number of hydrogen-bond donors (Lipinski definition) is 0. The molecule has 0 aliphatic rings. The molecular weight excluding hydrogens is 104 g/mol. The average molecular weight is 112 g/mol. The molecule has 0 radical (unpaired) electrons. The van der Waals surface area contributed by atoms with Gasteiger partial charge in [-0.15, -0.1) is 0 Å². The molecule has 0 saturated carbocycles. The fourth-order valence-electron chi connectivity index (χ4n) is 0.153. The minimum Gasteiger partial charge on any atom is -0.363 e. The molecular formula is C5H8N2O. The molecule has 0 aliphatic heterocycles. The summed E-state index contributed by atoms with van der Waals surface area (Å²) in [6.45, 7) is 3.44. The zero-order valence-corrected chi connectivity index (χ0v) is 5.01. The molecule has 8 heavy (non-hydrogen) atoms. The Balaban J connectivity index is 3.84. The molecule has 0 atom stereocenters. The van der Waals surface area contributed by atoms with E-state index in [0.29, 0.717) is 5.82 Å². The smallest absolute Gasteiger partial charge is 0.242 e. The van der Waals surface area contributed by atoms with Crippen LogP contribution >= 0.6 is 0 Å². The van der Waals surface area contributed by atoms with Gasteiger partial charge in [-0.3, -0.25) is 0 Å². The van der Waals surface area contributed by atoms with E-state index in [4.69, 9.17) is 0 Å². The van der Waals surface area contributed by atoms with Crippen LogP contribution in [-0.4, -0.2) is 25.1 Å². The first kappa shape index (κ1) is 6.92. The lowest BCUT2D eigenvalue weighted by Crippen LogP contribution is -2.07. The summed E-state index contributed by atoms with van der Waals surface area (Å²) in [4.78, 5) is 14.4. The van der Waals surface area contributed by atoms with Crippen molar-refractivity contribution in [1.29, 1.82) is 0 Å². The van der Waals surface area contributed by atoms with Crippen LogP contribution in [0.4, 0.5) is 0 Å². The van der Waals surface area contributed by atoms with Crippen LogP contribution in [0.1, 0.15) is 0 Å². The van der Waals surface area contributed by atoms with E-state index >= 15 is 0 Å². The normalized spacial score (nSPS) is 7.25. The van der Waals surface area contributed by atoms with E-state index in [-0.39, 0.29) is 0 Å². The number of rotatable bonds is 2. The van der Waals surface area contributed by atoms with Crippen molar-refractivity contribution in [2.45, 2.75) is 0 Å². The van der Waals surface area contributed by atoms with Crippen molar-refractivity contribution >= 4 is 6.08 Å². The topological polar surface area (TPSA) is 32.7 Å². The number of aliphatic imine (C=N–C) groups is 1. The van der Waals surface area contributed by atoms with E-state index in [1.54, 1.807) is 19.0 Å². The maximum atomic E-state index is 9.54. The molecule has 0 rings (SSSR count). The van der Waals surface area contributed by atoms with E-state index in [0.717, 1.165) is 0 Å². The molecule has 0 N–H and O–H groups in total. The van der Waals surface area contributed by atoms with Gasteiger partial charge in [0.25, 0.3) is 0 Å². The lowest BCUT2D eigenvalue weighted by atomic mass is 10.7. The van der Waals surface area contributed by atoms with Crippen LogP contribution in [0.15, 0.2) is 17.4 Å². The average Bonchev–Trinajstić information content (AvgIpc) is 1.67. The molecule has 0 spiro atoms. The van der Waals surface area contributed by atoms with Gasteiger partial charge in [0.1, 0.15) is 5.82 Å². The van der Waals surface area contributed by atoms with Gasteiger partial charge in [0.2, 0.25) is 6.08 Å². The summed E-state index contributed by atoms with van der Waals surface area (Å²) in [5.74, 6) is 0.417. The van der Waals surface area contributed by atoms with Gasteiger partial charge in [0, 0.05) is 14.1 Å². The Labute approximate surface area is 48.3 Å². The lowest BCUT2D eigenvalue weighted by molar-refractivity contribution is 0.504. The Morgan fingerprint density at radius 3 is 2.38 bits per heavy atom. The second-order valence-corrected chi connectivity index (χ2v) is 1.51. The molecule has 3 heteroatoms. The van der Waals surface area contributed by atoms with Crippen LogP contribution in [0.25, 0.3) is 0 Å². The summed E-state index contributed by atoms with van der Waals surface area (Å²) in [6, 6.07) is 0. The Morgan fingerprint density at radius 2 is 2.25 bits per heavy atom. The number of isocyanates is 1. The molecule has 0 aromatic rings.